The van der Waals surface area contributed by atoms with Gasteiger partial charge in [0.25, 0.3) is 0 Å². The smallest absolute Gasteiger partial charge is 0.153 e. The summed E-state index contributed by atoms with van der Waals surface area (Å²) in [5, 5.41) is 9.41. The molecule has 3 N–H and O–H groups in total. The second-order valence-electron chi connectivity index (χ2n) is 3.21. The lowest BCUT2D eigenvalue weighted by atomic mass is 10.2. The van der Waals surface area contributed by atoms with Gasteiger partial charge in [0.2, 0.25) is 0 Å². The van der Waals surface area contributed by atoms with Gasteiger partial charge in [-0.25, -0.2) is 13.2 Å². The van der Waals surface area contributed by atoms with E-state index in [4.69, 9.17) is 5.73 Å². The van der Waals surface area contributed by atoms with Gasteiger partial charge < -0.3 is 11.1 Å². The average Bonchev–Trinajstić information content (AvgIpc) is 2.26. The van der Waals surface area contributed by atoms with Crippen molar-refractivity contribution in [1.82, 2.24) is 10.2 Å². The van der Waals surface area contributed by atoms with E-state index in [9.17, 15) is 13.2 Å². The summed E-state index contributed by atoms with van der Waals surface area (Å²) in [7, 11) is 0. The van der Waals surface area contributed by atoms with Crippen molar-refractivity contribution in [2.75, 3.05) is 11.1 Å². The zero-order chi connectivity index (χ0) is 12.4. The summed E-state index contributed by atoms with van der Waals surface area (Å²) >= 11 is 0. The van der Waals surface area contributed by atoms with Crippen molar-refractivity contribution in [3.8, 4) is 0 Å². The molecule has 0 saturated heterocycles. The maximum Gasteiger partial charge on any atom is 0.153 e. The Hall–Kier alpha value is -2.31. The Labute approximate surface area is 94.3 Å². The Morgan fingerprint density at radius 2 is 1.65 bits per heavy atom. The molecular weight excluding hydrogens is 233 g/mol. The molecule has 0 bridgehead atoms. The number of nitrogens with zero attached hydrogens (tertiary/aromatic N) is 2. The van der Waals surface area contributed by atoms with Crippen LogP contribution >= 0.6 is 0 Å². The highest BCUT2D eigenvalue weighted by Gasteiger charge is 2.12. The molecule has 0 aliphatic rings. The van der Waals surface area contributed by atoms with Crippen LogP contribution < -0.4 is 11.1 Å². The third kappa shape index (κ3) is 2.44. The van der Waals surface area contributed by atoms with Crippen molar-refractivity contribution in [2.45, 2.75) is 0 Å². The van der Waals surface area contributed by atoms with Crippen LogP contribution in [0.25, 0.3) is 0 Å². The molecule has 1 heterocycles. The van der Waals surface area contributed by atoms with Crippen molar-refractivity contribution in [3.63, 3.8) is 0 Å². The average molecular weight is 240 g/mol. The van der Waals surface area contributed by atoms with Crippen LogP contribution in [0.15, 0.2) is 24.3 Å². The molecule has 0 aliphatic heterocycles. The second-order valence-corrected chi connectivity index (χ2v) is 3.21. The van der Waals surface area contributed by atoms with Crippen LogP contribution in [0.1, 0.15) is 0 Å². The number of rotatable bonds is 2. The zero-order valence-corrected chi connectivity index (χ0v) is 8.42. The summed E-state index contributed by atoms with van der Waals surface area (Å²) in [6.07, 6.45) is 0. The van der Waals surface area contributed by atoms with Crippen LogP contribution in [-0.4, -0.2) is 10.2 Å². The number of benzene rings is 1. The van der Waals surface area contributed by atoms with E-state index in [1.54, 1.807) is 0 Å². The summed E-state index contributed by atoms with van der Waals surface area (Å²) in [5.74, 6) is -2.82. The van der Waals surface area contributed by atoms with Crippen molar-refractivity contribution in [1.29, 1.82) is 0 Å². The summed E-state index contributed by atoms with van der Waals surface area (Å²) in [6.45, 7) is 0. The van der Waals surface area contributed by atoms with E-state index in [0.29, 0.717) is 12.1 Å². The number of nitrogens with one attached hydrogen (secondary N) is 1. The number of hydrogen-bond donors (Lipinski definition) is 2. The molecule has 0 amide bonds. The molecule has 0 spiro atoms. The first-order valence-electron chi connectivity index (χ1n) is 4.57. The van der Waals surface area contributed by atoms with E-state index in [2.05, 4.69) is 15.5 Å². The van der Waals surface area contributed by atoms with Crippen LogP contribution in [0.2, 0.25) is 0 Å². The van der Waals surface area contributed by atoms with Crippen LogP contribution in [0.4, 0.5) is 30.5 Å². The highest BCUT2D eigenvalue weighted by atomic mass is 19.1. The van der Waals surface area contributed by atoms with Gasteiger partial charge in [-0.15, -0.1) is 10.2 Å². The summed E-state index contributed by atoms with van der Waals surface area (Å²) in [6, 6.07) is 3.94. The first-order chi connectivity index (χ1) is 8.06. The number of halogens is 3. The molecule has 0 atom stereocenters. The van der Waals surface area contributed by atoms with Gasteiger partial charge >= 0.3 is 0 Å². The highest BCUT2D eigenvalue weighted by Crippen LogP contribution is 2.23. The molecule has 0 radical (unpaired) electrons. The van der Waals surface area contributed by atoms with E-state index in [-0.39, 0.29) is 11.6 Å². The van der Waals surface area contributed by atoms with Crippen molar-refractivity contribution < 1.29 is 13.2 Å². The molecule has 88 valence electrons. The quantitative estimate of drug-likeness (QED) is 0.844. The fourth-order valence-corrected chi connectivity index (χ4v) is 1.20. The largest absolute Gasteiger partial charge is 0.382 e. The molecule has 7 heteroatoms. The molecule has 17 heavy (non-hydrogen) atoms. The SMILES string of the molecule is Nc1ccc(Nc2c(F)cc(F)cc2F)nn1. The maximum absolute atomic E-state index is 13.3. The lowest BCUT2D eigenvalue weighted by molar-refractivity contribution is 0.548. The van der Waals surface area contributed by atoms with Gasteiger partial charge in [-0.1, -0.05) is 0 Å². The van der Waals surface area contributed by atoms with Crippen molar-refractivity contribution in [3.05, 3.63) is 41.7 Å². The Balaban J connectivity index is 2.33. The van der Waals surface area contributed by atoms with Crippen LogP contribution in [0, 0.1) is 17.5 Å². The van der Waals surface area contributed by atoms with Gasteiger partial charge in [-0.2, -0.15) is 0 Å². The van der Waals surface area contributed by atoms with Crippen molar-refractivity contribution in [2.24, 2.45) is 0 Å². The third-order valence-corrected chi connectivity index (χ3v) is 1.95. The minimum Gasteiger partial charge on any atom is -0.382 e. The van der Waals surface area contributed by atoms with Crippen LogP contribution in [0.5, 0.6) is 0 Å². The standard InChI is InChI=1S/C10H7F3N4/c11-5-3-6(12)10(7(13)4-5)15-9-2-1-8(14)16-17-9/h1-4H,(H2,14,16)(H,15,17). The highest BCUT2D eigenvalue weighted by molar-refractivity contribution is 5.57. The summed E-state index contributed by atoms with van der Waals surface area (Å²) in [5.41, 5.74) is 4.81. The third-order valence-electron chi connectivity index (χ3n) is 1.95. The van der Waals surface area contributed by atoms with Gasteiger partial charge in [0, 0.05) is 12.1 Å². The van der Waals surface area contributed by atoms with E-state index in [0.717, 1.165) is 0 Å². The Kier molecular flexibility index (Phi) is 2.82. The second kappa shape index (κ2) is 4.28. The molecular formula is C10H7F3N4. The first-order valence-corrected chi connectivity index (χ1v) is 4.57. The van der Waals surface area contributed by atoms with E-state index in [1.165, 1.54) is 12.1 Å². The maximum atomic E-state index is 13.3. The lowest BCUT2D eigenvalue weighted by Gasteiger charge is -2.07. The molecule has 0 aliphatic carbocycles. The van der Waals surface area contributed by atoms with Gasteiger partial charge in [0.15, 0.2) is 17.5 Å². The van der Waals surface area contributed by atoms with Gasteiger partial charge in [0.05, 0.1) is 0 Å². The summed E-state index contributed by atoms with van der Waals surface area (Å²) in [4.78, 5) is 0. The Morgan fingerprint density at radius 1 is 1.00 bits per heavy atom. The fraction of sp³-hybridized carbons (Fsp3) is 0. The van der Waals surface area contributed by atoms with E-state index in [1.807, 2.05) is 0 Å². The molecule has 1 aromatic carbocycles. The number of hydrogen-bond acceptors (Lipinski definition) is 4. The van der Waals surface area contributed by atoms with Crippen molar-refractivity contribution >= 4 is 17.3 Å². The number of aromatic nitrogens is 2. The molecule has 2 rings (SSSR count). The molecule has 2 aromatic rings. The fourth-order valence-electron chi connectivity index (χ4n) is 1.20. The van der Waals surface area contributed by atoms with Crippen LogP contribution in [-0.2, 0) is 0 Å². The minimum absolute atomic E-state index is 0.101. The summed E-state index contributed by atoms with van der Waals surface area (Å²) < 4.78 is 39.2. The van der Waals surface area contributed by atoms with E-state index >= 15 is 0 Å². The molecule has 0 saturated carbocycles. The molecule has 0 fully saturated rings. The lowest BCUT2D eigenvalue weighted by Crippen LogP contribution is -2.02. The molecule has 0 unspecified atom stereocenters. The monoisotopic (exact) mass is 240 g/mol. The van der Waals surface area contributed by atoms with Gasteiger partial charge in [-0.3, -0.25) is 0 Å². The Morgan fingerprint density at radius 3 is 2.18 bits per heavy atom. The number of anilines is 3. The van der Waals surface area contributed by atoms with Gasteiger partial charge in [0.1, 0.15) is 17.3 Å². The zero-order valence-electron chi connectivity index (χ0n) is 8.42. The number of nitrogens with two attached hydrogens (primary N) is 1. The van der Waals surface area contributed by atoms with E-state index < -0.39 is 23.1 Å². The number of nitrogen functional groups attached to an aromatic ring is 1. The normalized spacial score (nSPS) is 10.3. The predicted molar refractivity (Wildman–Crippen MR) is 56.0 cm³/mol. The van der Waals surface area contributed by atoms with Crippen LogP contribution in [0.3, 0.4) is 0 Å². The predicted octanol–water partition coefficient (Wildman–Crippen LogP) is 2.22. The Bertz CT molecular complexity index is 519. The molecule has 4 nitrogen and oxygen atoms in total. The molecule has 1 aromatic heterocycles. The first kappa shape index (κ1) is 11.2. The minimum atomic E-state index is -1.05. The van der Waals surface area contributed by atoms with Gasteiger partial charge in [-0.05, 0) is 12.1 Å². The topological polar surface area (TPSA) is 63.8 Å².